The van der Waals surface area contributed by atoms with E-state index in [0.29, 0.717) is 6.61 Å². The maximum atomic E-state index is 5.30. The predicted octanol–water partition coefficient (Wildman–Crippen LogP) is 1.13. The van der Waals surface area contributed by atoms with E-state index in [1.54, 1.807) is 4.52 Å². The first-order valence-electron chi connectivity index (χ1n) is 3.82. The molecule has 0 amide bonds. The van der Waals surface area contributed by atoms with E-state index < -0.39 is 0 Å². The van der Waals surface area contributed by atoms with Crippen LogP contribution < -0.4 is 4.74 Å². The summed E-state index contributed by atoms with van der Waals surface area (Å²) in [5.41, 5.74) is 0.806. The third kappa shape index (κ3) is 1.11. The van der Waals surface area contributed by atoms with Crippen molar-refractivity contribution in [1.29, 1.82) is 0 Å². The van der Waals surface area contributed by atoms with Gasteiger partial charge in [-0.1, -0.05) is 0 Å². The quantitative estimate of drug-likeness (QED) is 0.666. The summed E-state index contributed by atoms with van der Waals surface area (Å²) >= 11 is 0. The molecule has 0 fully saturated rings. The van der Waals surface area contributed by atoms with Crippen LogP contribution in [0.5, 0.6) is 5.75 Å². The van der Waals surface area contributed by atoms with Crippen molar-refractivity contribution < 1.29 is 4.74 Å². The molecule has 0 aliphatic carbocycles. The van der Waals surface area contributed by atoms with Crippen LogP contribution >= 0.6 is 0 Å². The number of rotatable bonds is 2. The SMILES string of the molecule is CCOc1ccn2ncnc2c1. The summed E-state index contributed by atoms with van der Waals surface area (Å²) in [5.74, 6) is 0.831. The number of ether oxygens (including phenoxy) is 1. The van der Waals surface area contributed by atoms with Crippen LogP contribution in [-0.2, 0) is 0 Å². The maximum Gasteiger partial charge on any atom is 0.158 e. The highest BCUT2D eigenvalue weighted by atomic mass is 16.5. The van der Waals surface area contributed by atoms with Crippen LogP contribution in [0.1, 0.15) is 6.92 Å². The monoisotopic (exact) mass is 163 g/mol. The molecule has 0 saturated carbocycles. The Hall–Kier alpha value is -1.58. The fourth-order valence-electron chi connectivity index (χ4n) is 1.05. The summed E-state index contributed by atoms with van der Waals surface area (Å²) in [4.78, 5) is 4.03. The Balaban J connectivity index is 2.46. The van der Waals surface area contributed by atoms with Crippen molar-refractivity contribution in [2.24, 2.45) is 0 Å². The van der Waals surface area contributed by atoms with E-state index in [2.05, 4.69) is 10.1 Å². The van der Waals surface area contributed by atoms with Crippen molar-refractivity contribution in [3.63, 3.8) is 0 Å². The molecule has 2 aromatic heterocycles. The molecule has 0 radical (unpaired) electrons. The molecular weight excluding hydrogens is 154 g/mol. The Bertz CT molecular complexity index is 382. The maximum absolute atomic E-state index is 5.30. The topological polar surface area (TPSA) is 39.4 Å². The summed E-state index contributed by atoms with van der Waals surface area (Å²) in [6.07, 6.45) is 3.35. The summed E-state index contributed by atoms with van der Waals surface area (Å²) in [6, 6.07) is 3.72. The van der Waals surface area contributed by atoms with E-state index in [1.807, 2.05) is 25.3 Å². The van der Waals surface area contributed by atoms with Gasteiger partial charge in [0.2, 0.25) is 0 Å². The molecule has 4 nitrogen and oxygen atoms in total. The Morgan fingerprint density at radius 1 is 1.58 bits per heavy atom. The molecule has 0 saturated heterocycles. The smallest absolute Gasteiger partial charge is 0.158 e. The van der Waals surface area contributed by atoms with Gasteiger partial charge in [0.15, 0.2) is 5.65 Å². The van der Waals surface area contributed by atoms with Gasteiger partial charge in [0.25, 0.3) is 0 Å². The van der Waals surface area contributed by atoms with E-state index in [4.69, 9.17) is 4.74 Å². The molecule has 0 spiro atoms. The number of fused-ring (bicyclic) bond motifs is 1. The third-order valence-corrected chi connectivity index (χ3v) is 1.56. The normalized spacial score (nSPS) is 10.4. The Kier molecular flexibility index (Phi) is 1.66. The largest absolute Gasteiger partial charge is 0.494 e. The Labute approximate surface area is 69.8 Å². The average molecular weight is 163 g/mol. The summed E-state index contributed by atoms with van der Waals surface area (Å²) < 4.78 is 7.00. The number of nitrogens with zero attached hydrogens (tertiary/aromatic N) is 3. The molecule has 0 N–H and O–H groups in total. The van der Waals surface area contributed by atoms with Gasteiger partial charge >= 0.3 is 0 Å². The molecule has 4 heteroatoms. The Morgan fingerprint density at radius 2 is 2.50 bits per heavy atom. The van der Waals surface area contributed by atoms with Crippen LogP contribution in [-0.4, -0.2) is 21.2 Å². The lowest BCUT2D eigenvalue weighted by molar-refractivity contribution is 0.340. The van der Waals surface area contributed by atoms with Gasteiger partial charge < -0.3 is 4.74 Å². The minimum absolute atomic E-state index is 0.671. The fraction of sp³-hybridized carbons (Fsp3) is 0.250. The van der Waals surface area contributed by atoms with Gasteiger partial charge in [-0.3, -0.25) is 0 Å². The molecule has 0 aromatic carbocycles. The highest BCUT2D eigenvalue weighted by Gasteiger charge is 1.96. The summed E-state index contributed by atoms with van der Waals surface area (Å²) in [6.45, 7) is 2.62. The van der Waals surface area contributed by atoms with Crippen LogP contribution in [0.25, 0.3) is 5.65 Å². The first kappa shape index (κ1) is 7.09. The minimum Gasteiger partial charge on any atom is -0.494 e. The fourth-order valence-corrected chi connectivity index (χ4v) is 1.05. The number of pyridine rings is 1. The van der Waals surface area contributed by atoms with E-state index in [9.17, 15) is 0 Å². The zero-order chi connectivity index (χ0) is 8.39. The second-order valence-electron chi connectivity index (χ2n) is 2.36. The first-order valence-corrected chi connectivity index (χ1v) is 3.82. The second-order valence-corrected chi connectivity index (χ2v) is 2.36. The molecule has 2 heterocycles. The molecule has 0 aliphatic heterocycles. The summed E-state index contributed by atoms with van der Waals surface area (Å²) in [5, 5.41) is 3.97. The van der Waals surface area contributed by atoms with Gasteiger partial charge in [0.05, 0.1) is 6.61 Å². The van der Waals surface area contributed by atoms with Gasteiger partial charge in [-0.15, -0.1) is 0 Å². The predicted molar refractivity (Wildman–Crippen MR) is 44.2 cm³/mol. The van der Waals surface area contributed by atoms with E-state index in [-0.39, 0.29) is 0 Å². The summed E-state index contributed by atoms with van der Waals surface area (Å²) in [7, 11) is 0. The van der Waals surface area contributed by atoms with Crippen LogP contribution in [0.3, 0.4) is 0 Å². The van der Waals surface area contributed by atoms with Gasteiger partial charge in [-0.25, -0.2) is 9.50 Å². The van der Waals surface area contributed by atoms with Crippen LogP contribution in [0, 0.1) is 0 Å². The molecule has 0 unspecified atom stereocenters. The van der Waals surface area contributed by atoms with E-state index >= 15 is 0 Å². The van der Waals surface area contributed by atoms with Gasteiger partial charge in [0, 0.05) is 12.3 Å². The number of hydrogen-bond donors (Lipinski definition) is 0. The zero-order valence-electron chi connectivity index (χ0n) is 6.77. The van der Waals surface area contributed by atoms with Gasteiger partial charge in [0.1, 0.15) is 12.1 Å². The Morgan fingerprint density at radius 3 is 3.33 bits per heavy atom. The van der Waals surface area contributed by atoms with E-state index in [1.165, 1.54) is 6.33 Å². The van der Waals surface area contributed by atoms with Gasteiger partial charge in [-0.2, -0.15) is 5.10 Å². The van der Waals surface area contributed by atoms with E-state index in [0.717, 1.165) is 11.4 Å². The molecule has 0 atom stereocenters. The van der Waals surface area contributed by atoms with Crippen molar-refractivity contribution in [3.05, 3.63) is 24.7 Å². The standard InChI is InChI=1S/C8H9N3O/c1-2-12-7-3-4-11-8(5-7)9-6-10-11/h3-6H,2H2,1H3. The van der Waals surface area contributed by atoms with Crippen LogP contribution in [0.15, 0.2) is 24.7 Å². The minimum atomic E-state index is 0.671. The van der Waals surface area contributed by atoms with Gasteiger partial charge in [-0.05, 0) is 13.0 Å². The third-order valence-electron chi connectivity index (χ3n) is 1.56. The lowest BCUT2D eigenvalue weighted by atomic mass is 10.4. The molecule has 2 rings (SSSR count). The van der Waals surface area contributed by atoms with Crippen LogP contribution in [0.2, 0.25) is 0 Å². The molecule has 0 bridgehead atoms. The highest BCUT2D eigenvalue weighted by Crippen LogP contribution is 2.11. The van der Waals surface area contributed by atoms with Crippen LogP contribution in [0.4, 0.5) is 0 Å². The van der Waals surface area contributed by atoms with Crippen molar-refractivity contribution in [2.75, 3.05) is 6.61 Å². The molecule has 2 aromatic rings. The second kappa shape index (κ2) is 2.81. The van der Waals surface area contributed by atoms with Crippen molar-refractivity contribution >= 4 is 5.65 Å². The average Bonchev–Trinajstić information content (AvgIpc) is 2.51. The van der Waals surface area contributed by atoms with Crippen molar-refractivity contribution in [1.82, 2.24) is 14.6 Å². The number of hydrogen-bond acceptors (Lipinski definition) is 3. The highest BCUT2D eigenvalue weighted by molar-refractivity contribution is 5.42. The lowest BCUT2D eigenvalue weighted by Gasteiger charge is -2.01. The lowest BCUT2D eigenvalue weighted by Crippen LogP contribution is -1.93. The first-order chi connectivity index (χ1) is 5.90. The van der Waals surface area contributed by atoms with Crippen molar-refractivity contribution in [3.8, 4) is 5.75 Å². The molecule has 62 valence electrons. The number of aromatic nitrogens is 3. The molecule has 0 aliphatic rings. The molecular formula is C8H9N3O. The zero-order valence-corrected chi connectivity index (χ0v) is 6.77. The molecule has 12 heavy (non-hydrogen) atoms. The van der Waals surface area contributed by atoms with Crippen molar-refractivity contribution in [2.45, 2.75) is 6.92 Å².